The maximum Gasteiger partial charge on any atom is 0.328 e. The van der Waals surface area contributed by atoms with Crippen molar-refractivity contribution in [1.29, 1.82) is 0 Å². The standard InChI is InChI=1S/C23H25ClFN3O2.C13H17FN2.C10H10ClNO3/c1-30-22-10-14(21(26)13-20(22)24)2-9-23(29)28-18-7-8-19(28)12-17(11-18)27-16-5-3-15(25)4-6-16;14-9-1-3-10(4-2-9)15-13-7-11-5-6-12(8-13)16-11;1-15-9-4-6(2-3-10(13)14)8(12)5-7(9)11/h2-6,9-10,13,17-19,27H,7-8,11-12,26H2,1H3;1-4,11-13,15-16H,5-8H2;2-5H,12H2,1H3,(H,13,14)/b9-2+;;3-2+/t17?,18-,19+;11-,12+,13?;. The van der Waals surface area contributed by atoms with E-state index in [0.29, 0.717) is 62.2 Å². The number of amides is 1. The van der Waals surface area contributed by atoms with E-state index in [1.807, 2.05) is 17.0 Å². The Morgan fingerprint density at radius 3 is 1.56 bits per heavy atom. The SMILES string of the molecule is COc1cc(/C=C/C(=O)N2[C@@H]3CC[C@H]2CC(Nc2ccc(F)cc2)C3)c(N)cc1Cl.COc1cc(/C=C/C(=O)O)c(N)cc1Cl.Fc1ccc(NC2C[C@H]3CC[C@@H](C2)N3)cc1. The number of anilines is 4. The number of carboxylic acids is 1. The molecule has 0 spiro atoms. The maximum absolute atomic E-state index is 13.1. The third-order valence-corrected chi connectivity index (χ3v) is 12.0. The van der Waals surface area contributed by atoms with Crippen LogP contribution in [0, 0.1) is 11.6 Å². The first kappa shape index (κ1) is 45.0. The second kappa shape index (κ2) is 20.8. The van der Waals surface area contributed by atoms with Gasteiger partial charge in [0.1, 0.15) is 23.1 Å². The molecule has 4 aliphatic rings. The van der Waals surface area contributed by atoms with Crippen molar-refractivity contribution in [2.45, 2.75) is 87.6 Å². The highest BCUT2D eigenvalue weighted by Gasteiger charge is 2.42. The molecule has 0 aromatic heterocycles. The Kier molecular flexibility index (Phi) is 15.4. The molecule has 4 aromatic rings. The number of halogens is 4. The minimum Gasteiger partial charge on any atom is -0.495 e. The molecule has 1 amide bonds. The number of ether oxygens (including phenoxy) is 2. The summed E-state index contributed by atoms with van der Waals surface area (Å²) in [6.45, 7) is 0. The topological polar surface area (TPSA) is 164 Å². The van der Waals surface area contributed by atoms with Gasteiger partial charge in [-0.2, -0.15) is 0 Å². The number of methoxy groups -OCH3 is 2. The Hall–Kier alpha value is -5.50. The van der Waals surface area contributed by atoms with Crippen molar-refractivity contribution < 1.29 is 33.0 Å². The van der Waals surface area contributed by atoms with Gasteiger partial charge in [-0.25, -0.2) is 13.6 Å². The van der Waals surface area contributed by atoms with Gasteiger partial charge in [-0.3, -0.25) is 4.79 Å². The first-order valence-electron chi connectivity index (χ1n) is 20.3. The second-order valence-electron chi connectivity index (χ2n) is 15.6. The molecule has 2 unspecified atom stereocenters. The van der Waals surface area contributed by atoms with Gasteiger partial charge in [-0.15, -0.1) is 0 Å². The Balaban J connectivity index is 0.000000169. The van der Waals surface area contributed by atoms with Crippen LogP contribution in [0.2, 0.25) is 10.0 Å². The van der Waals surface area contributed by atoms with Crippen LogP contribution in [-0.2, 0) is 9.59 Å². The molecule has 4 aliphatic heterocycles. The van der Waals surface area contributed by atoms with Crippen molar-refractivity contribution >= 4 is 70.0 Å². The minimum absolute atomic E-state index is 0.00366. The van der Waals surface area contributed by atoms with Crippen LogP contribution in [0.25, 0.3) is 12.2 Å². The van der Waals surface area contributed by atoms with E-state index in [2.05, 4.69) is 16.0 Å². The molecule has 11 nitrogen and oxygen atoms in total. The number of fused-ring (bicyclic) bond motifs is 4. The Bertz CT molecular complexity index is 2180. The van der Waals surface area contributed by atoms with Crippen molar-refractivity contribution in [1.82, 2.24) is 10.2 Å². The Morgan fingerprint density at radius 2 is 1.13 bits per heavy atom. The average molecular weight is 878 g/mol. The third-order valence-electron chi connectivity index (χ3n) is 11.4. The average Bonchev–Trinajstić information content (AvgIpc) is 3.72. The number of aliphatic carboxylic acids is 1. The van der Waals surface area contributed by atoms with E-state index in [-0.39, 0.29) is 35.7 Å². The van der Waals surface area contributed by atoms with Crippen molar-refractivity contribution in [2.24, 2.45) is 0 Å². The maximum atomic E-state index is 13.1. The second-order valence-corrected chi connectivity index (χ2v) is 16.5. The molecule has 8 rings (SSSR count). The third kappa shape index (κ3) is 12.3. The number of nitrogens with one attached hydrogen (secondary N) is 3. The summed E-state index contributed by atoms with van der Waals surface area (Å²) in [5.41, 5.74) is 15.8. The van der Waals surface area contributed by atoms with Crippen LogP contribution >= 0.6 is 23.2 Å². The molecule has 0 saturated carbocycles. The summed E-state index contributed by atoms with van der Waals surface area (Å²) in [7, 11) is 3.01. The molecule has 6 atom stereocenters. The summed E-state index contributed by atoms with van der Waals surface area (Å²) >= 11 is 11.9. The highest BCUT2D eigenvalue weighted by atomic mass is 35.5. The summed E-state index contributed by atoms with van der Waals surface area (Å²) in [6.07, 6.45) is 14.5. The monoisotopic (exact) mass is 876 g/mol. The number of nitrogens with zero attached hydrogens (tertiary/aromatic N) is 1. The van der Waals surface area contributed by atoms with Gasteiger partial charge in [0, 0.05) is 82.3 Å². The lowest BCUT2D eigenvalue weighted by atomic mass is 9.96. The molecule has 8 N–H and O–H groups in total. The molecule has 324 valence electrons. The summed E-state index contributed by atoms with van der Waals surface area (Å²) in [5, 5.41) is 19.9. The van der Waals surface area contributed by atoms with Crippen LogP contribution in [0.1, 0.15) is 62.5 Å². The van der Waals surface area contributed by atoms with E-state index < -0.39 is 5.97 Å². The summed E-state index contributed by atoms with van der Waals surface area (Å²) in [5.74, 6) is -0.483. The van der Waals surface area contributed by atoms with Gasteiger partial charge in [0.05, 0.1) is 24.3 Å². The zero-order chi connectivity index (χ0) is 43.6. The summed E-state index contributed by atoms with van der Waals surface area (Å²) in [6, 6.07) is 22.1. The van der Waals surface area contributed by atoms with E-state index in [0.717, 1.165) is 43.1 Å². The summed E-state index contributed by atoms with van der Waals surface area (Å²) in [4.78, 5) is 25.3. The molecule has 4 aromatic carbocycles. The fourth-order valence-corrected chi connectivity index (χ4v) is 9.07. The van der Waals surface area contributed by atoms with Crippen molar-refractivity contribution in [3.05, 3.63) is 118 Å². The lowest BCUT2D eigenvalue weighted by Gasteiger charge is -2.39. The van der Waals surface area contributed by atoms with Crippen molar-refractivity contribution in [3.8, 4) is 11.5 Å². The van der Waals surface area contributed by atoms with Gasteiger partial charge >= 0.3 is 5.97 Å². The lowest BCUT2D eigenvalue weighted by Crippen LogP contribution is -2.49. The van der Waals surface area contributed by atoms with Crippen LogP contribution in [-0.4, -0.2) is 72.4 Å². The van der Waals surface area contributed by atoms with Crippen molar-refractivity contribution in [2.75, 3.05) is 36.3 Å². The number of piperidine rings is 2. The predicted octanol–water partition coefficient (Wildman–Crippen LogP) is 9.27. The first-order chi connectivity index (χ1) is 29.3. The van der Waals surface area contributed by atoms with Crippen LogP contribution < -0.4 is 36.9 Å². The summed E-state index contributed by atoms with van der Waals surface area (Å²) < 4.78 is 36.1. The number of hydrogen-bond acceptors (Lipinski definition) is 9. The van der Waals surface area contributed by atoms with E-state index in [1.54, 1.807) is 42.5 Å². The van der Waals surface area contributed by atoms with Gasteiger partial charge in [0.2, 0.25) is 5.91 Å². The fourth-order valence-electron chi connectivity index (χ4n) is 8.57. The van der Waals surface area contributed by atoms with E-state index in [1.165, 1.54) is 76.3 Å². The van der Waals surface area contributed by atoms with Crippen molar-refractivity contribution in [3.63, 3.8) is 0 Å². The Morgan fingerprint density at radius 1 is 0.705 bits per heavy atom. The molecule has 61 heavy (non-hydrogen) atoms. The molecule has 4 saturated heterocycles. The zero-order valence-corrected chi connectivity index (χ0v) is 35.6. The molecule has 0 radical (unpaired) electrons. The smallest absolute Gasteiger partial charge is 0.328 e. The number of carbonyl (C=O) groups excluding carboxylic acids is 1. The van der Waals surface area contributed by atoms with Crippen LogP contribution in [0.4, 0.5) is 31.5 Å². The molecule has 0 aliphatic carbocycles. The van der Waals surface area contributed by atoms with E-state index >= 15 is 0 Å². The van der Waals surface area contributed by atoms with Gasteiger partial charge < -0.3 is 46.9 Å². The number of rotatable bonds is 10. The molecule has 15 heteroatoms. The van der Waals surface area contributed by atoms with Gasteiger partial charge in [-0.05, 0) is 136 Å². The number of carbonyl (C=O) groups is 2. The van der Waals surface area contributed by atoms with E-state index in [4.69, 9.17) is 49.2 Å². The first-order valence-corrected chi connectivity index (χ1v) is 21.0. The Labute approximate surface area is 365 Å². The predicted molar refractivity (Wildman–Crippen MR) is 240 cm³/mol. The molecule has 4 heterocycles. The number of nitrogen functional groups attached to an aromatic ring is 2. The highest BCUT2D eigenvalue weighted by molar-refractivity contribution is 6.32. The number of carboxylic acid groups (broad SMARTS) is 1. The minimum atomic E-state index is -1.04. The molecule has 4 fully saturated rings. The fraction of sp³-hybridized carbons (Fsp3) is 0.348. The molecular formula is C46H52Cl2F2N6O5. The van der Waals surface area contributed by atoms with Crippen LogP contribution in [0.15, 0.2) is 84.9 Å². The lowest BCUT2D eigenvalue weighted by molar-refractivity contribution is -0.131. The van der Waals surface area contributed by atoms with Gasteiger partial charge in [-0.1, -0.05) is 23.2 Å². The largest absolute Gasteiger partial charge is 0.495 e. The molecular weight excluding hydrogens is 825 g/mol. The van der Waals surface area contributed by atoms with E-state index in [9.17, 15) is 18.4 Å². The quantitative estimate of drug-likeness (QED) is 0.0669. The number of hydrogen-bond donors (Lipinski definition) is 6. The number of benzene rings is 4. The van der Waals surface area contributed by atoms with Crippen LogP contribution in [0.3, 0.4) is 0 Å². The van der Waals surface area contributed by atoms with Gasteiger partial charge in [0.15, 0.2) is 0 Å². The highest BCUT2D eigenvalue weighted by Crippen LogP contribution is 2.38. The molecule has 4 bridgehead atoms. The normalized spacial score (nSPS) is 22.5. The zero-order valence-electron chi connectivity index (χ0n) is 34.1. The van der Waals surface area contributed by atoms with Gasteiger partial charge in [0.25, 0.3) is 0 Å². The van der Waals surface area contributed by atoms with Crippen LogP contribution in [0.5, 0.6) is 11.5 Å². The number of nitrogens with two attached hydrogens (primary N) is 2.